The van der Waals surface area contributed by atoms with Gasteiger partial charge in [-0.05, 0) is 71.4 Å². The van der Waals surface area contributed by atoms with Crippen molar-refractivity contribution in [2.24, 2.45) is 0 Å². The number of aryl methyl sites for hydroxylation is 1. The molecule has 0 atom stereocenters. The van der Waals surface area contributed by atoms with Crippen LogP contribution < -0.4 is 25.0 Å². The van der Waals surface area contributed by atoms with Crippen LogP contribution in [0.25, 0.3) is 5.65 Å². The molecular weight excluding hydrogens is 597 g/mol. The first-order valence-electron chi connectivity index (χ1n) is 11.4. The number of fused-ring (bicyclic) bond motifs is 1. The van der Waals surface area contributed by atoms with E-state index in [0.29, 0.717) is 39.1 Å². The summed E-state index contributed by atoms with van der Waals surface area (Å²) in [4.78, 5) is 30.9. The van der Waals surface area contributed by atoms with Gasteiger partial charge in [-0.2, -0.15) is 0 Å². The molecule has 0 saturated heterocycles. The molecule has 0 bridgehead atoms. The zero-order valence-corrected chi connectivity index (χ0v) is 23.8. The van der Waals surface area contributed by atoms with Gasteiger partial charge in [-0.15, -0.1) is 0 Å². The van der Waals surface area contributed by atoms with Gasteiger partial charge in [-0.3, -0.25) is 9.20 Å². The predicted octanol–water partition coefficient (Wildman–Crippen LogP) is 6.08. The number of pyridine rings is 1. The molecule has 0 spiro atoms. The third kappa shape index (κ3) is 5.98. The van der Waals surface area contributed by atoms with Gasteiger partial charge in [0.2, 0.25) is 5.91 Å². The topological polar surface area (TPSA) is 97.2 Å². The van der Waals surface area contributed by atoms with Gasteiger partial charge in [0.05, 0.1) is 30.1 Å². The van der Waals surface area contributed by atoms with Crippen molar-refractivity contribution in [3.8, 4) is 11.5 Å². The first kappa shape index (κ1) is 27.6. The summed E-state index contributed by atoms with van der Waals surface area (Å²) in [6.45, 7) is 1.70. The summed E-state index contributed by atoms with van der Waals surface area (Å²) in [7, 11) is 3.12. The Kier molecular flexibility index (Phi) is 8.65. The predicted molar refractivity (Wildman–Crippen MR) is 152 cm³/mol. The minimum atomic E-state index is -0.525. The highest BCUT2D eigenvalue weighted by atomic mass is 79.9. The quantitative estimate of drug-likeness (QED) is 0.249. The molecule has 9 nitrogen and oxygen atoms in total. The molecule has 4 rings (SSSR count). The summed E-state index contributed by atoms with van der Waals surface area (Å²) in [5.41, 5.74) is 2.97. The molecule has 0 aliphatic rings. The van der Waals surface area contributed by atoms with Crippen molar-refractivity contribution >= 4 is 68.1 Å². The largest absolute Gasteiger partial charge is 0.497 e. The van der Waals surface area contributed by atoms with Crippen molar-refractivity contribution in [3.63, 3.8) is 0 Å². The lowest BCUT2D eigenvalue weighted by atomic mass is 10.2. The van der Waals surface area contributed by atoms with Crippen molar-refractivity contribution in [1.82, 2.24) is 14.7 Å². The van der Waals surface area contributed by atoms with E-state index >= 15 is 0 Å². The standard InChI is InChI=1S/C26H24BrCl2N5O4/c1-15-24(27)34-12-4-5-21(25(34)31-15)38-14-18-19(28)10-11-20(23(18)29)33(2)22(35)13-30-26(36)32-16-6-8-17(37-3)9-7-16/h4-12H,13-14H2,1-3H3,(H2,30,32,36). The Morgan fingerprint density at radius 2 is 1.87 bits per heavy atom. The van der Waals surface area contributed by atoms with Crippen molar-refractivity contribution < 1.29 is 19.1 Å². The van der Waals surface area contributed by atoms with E-state index in [1.165, 1.54) is 4.90 Å². The number of anilines is 2. The van der Waals surface area contributed by atoms with E-state index in [1.54, 1.807) is 56.6 Å². The van der Waals surface area contributed by atoms with Crippen LogP contribution in [-0.2, 0) is 11.4 Å². The van der Waals surface area contributed by atoms with E-state index in [1.807, 2.05) is 23.6 Å². The van der Waals surface area contributed by atoms with Gasteiger partial charge >= 0.3 is 6.03 Å². The van der Waals surface area contributed by atoms with Crippen LogP contribution in [0, 0.1) is 6.92 Å². The molecule has 0 aliphatic heterocycles. The van der Waals surface area contributed by atoms with Gasteiger partial charge < -0.3 is 25.0 Å². The van der Waals surface area contributed by atoms with Crippen LogP contribution in [0.2, 0.25) is 10.0 Å². The van der Waals surface area contributed by atoms with Crippen LogP contribution in [0.4, 0.5) is 16.2 Å². The lowest BCUT2D eigenvalue weighted by molar-refractivity contribution is -0.117. The summed E-state index contributed by atoms with van der Waals surface area (Å²) in [5.74, 6) is 0.836. The lowest BCUT2D eigenvalue weighted by Gasteiger charge is -2.21. The van der Waals surface area contributed by atoms with Gasteiger partial charge in [0.15, 0.2) is 11.4 Å². The Bertz CT molecular complexity index is 1490. The smallest absolute Gasteiger partial charge is 0.319 e. The molecule has 0 unspecified atom stereocenters. The molecule has 0 radical (unpaired) electrons. The minimum absolute atomic E-state index is 0.0548. The summed E-state index contributed by atoms with van der Waals surface area (Å²) in [6, 6.07) is 13.2. The van der Waals surface area contributed by atoms with Crippen molar-refractivity contribution in [2.45, 2.75) is 13.5 Å². The highest BCUT2D eigenvalue weighted by molar-refractivity contribution is 9.10. The molecule has 2 heterocycles. The fourth-order valence-electron chi connectivity index (χ4n) is 3.62. The van der Waals surface area contributed by atoms with Gasteiger partial charge in [0, 0.05) is 29.5 Å². The number of methoxy groups -OCH3 is 1. The first-order chi connectivity index (χ1) is 18.2. The van der Waals surface area contributed by atoms with E-state index in [4.69, 9.17) is 32.7 Å². The number of imidazole rings is 1. The zero-order valence-electron chi connectivity index (χ0n) is 20.7. The average Bonchev–Trinajstić information content (AvgIpc) is 3.21. The maximum absolute atomic E-state index is 12.8. The molecule has 198 valence electrons. The van der Waals surface area contributed by atoms with E-state index in [0.717, 1.165) is 10.3 Å². The van der Waals surface area contributed by atoms with Crippen LogP contribution in [0.1, 0.15) is 11.3 Å². The number of hydrogen-bond donors (Lipinski definition) is 2. The van der Waals surface area contributed by atoms with Gasteiger partial charge in [-0.1, -0.05) is 23.2 Å². The van der Waals surface area contributed by atoms with Crippen molar-refractivity contribution in [1.29, 1.82) is 0 Å². The number of ether oxygens (including phenoxy) is 2. The molecule has 2 N–H and O–H groups in total. The maximum Gasteiger partial charge on any atom is 0.319 e. The van der Waals surface area contributed by atoms with Crippen LogP contribution in [0.5, 0.6) is 11.5 Å². The normalized spacial score (nSPS) is 10.8. The van der Waals surface area contributed by atoms with E-state index in [2.05, 4.69) is 31.5 Å². The van der Waals surface area contributed by atoms with Crippen LogP contribution in [0.15, 0.2) is 59.3 Å². The molecule has 12 heteroatoms. The summed E-state index contributed by atoms with van der Waals surface area (Å²) in [6.07, 6.45) is 1.87. The number of amides is 3. The molecule has 4 aromatic rings. The molecule has 0 fully saturated rings. The Morgan fingerprint density at radius 3 is 2.58 bits per heavy atom. The highest BCUT2D eigenvalue weighted by Crippen LogP contribution is 2.35. The second-order valence-electron chi connectivity index (χ2n) is 8.19. The number of carbonyl (C=O) groups excluding carboxylic acids is 2. The SMILES string of the molecule is COc1ccc(NC(=O)NCC(=O)N(C)c2ccc(Cl)c(COc3cccn4c(Br)c(C)nc34)c2Cl)cc1. The zero-order chi connectivity index (χ0) is 27.4. The number of nitrogens with one attached hydrogen (secondary N) is 2. The molecule has 38 heavy (non-hydrogen) atoms. The molecule has 2 aromatic heterocycles. The van der Waals surface area contributed by atoms with E-state index < -0.39 is 6.03 Å². The number of hydrogen-bond acceptors (Lipinski definition) is 5. The highest BCUT2D eigenvalue weighted by Gasteiger charge is 2.20. The fraction of sp³-hybridized carbons (Fsp3) is 0.192. The number of carbonyl (C=O) groups is 2. The second kappa shape index (κ2) is 11.9. The Labute approximate surface area is 237 Å². The molecular formula is C26H24BrCl2N5O4. The third-order valence-electron chi connectivity index (χ3n) is 5.74. The number of aromatic nitrogens is 2. The Morgan fingerprint density at radius 1 is 1.13 bits per heavy atom. The summed E-state index contributed by atoms with van der Waals surface area (Å²) < 4.78 is 13.8. The molecule has 0 saturated carbocycles. The number of halogens is 3. The Hall–Kier alpha value is -3.47. The van der Waals surface area contributed by atoms with Gasteiger partial charge in [-0.25, -0.2) is 9.78 Å². The number of nitrogens with zero attached hydrogens (tertiary/aromatic N) is 3. The van der Waals surface area contributed by atoms with Crippen LogP contribution in [0.3, 0.4) is 0 Å². The fourth-order valence-corrected chi connectivity index (χ4v) is 4.61. The van der Waals surface area contributed by atoms with Gasteiger partial charge in [0.1, 0.15) is 17.0 Å². The first-order valence-corrected chi connectivity index (χ1v) is 12.9. The van der Waals surface area contributed by atoms with Crippen molar-refractivity contribution in [3.05, 3.63) is 80.6 Å². The van der Waals surface area contributed by atoms with E-state index in [9.17, 15) is 9.59 Å². The monoisotopic (exact) mass is 619 g/mol. The summed E-state index contributed by atoms with van der Waals surface area (Å²) >= 11 is 16.6. The number of rotatable bonds is 8. The minimum Gasteiger partial charge on any atom is -0.497 e. The third-order valence-corrected chi connectivity index (χ3v) is 7.47. The van der Waals surface area contributed by atoms with E-state index in [-0.39, 0.29) is 24.1 Å². The number of benzene rings is 2. The average molecular weight is 621 g/mol. The van der Waals surface area contributed by atoms with Crippen LogP contribution >= 0.6 is 39.1 Å². The van der Waals surface area contributed by atoms with Crippen molar-refractivity contribution in [2.75, 3.05) is 30.9 Å². The molecule has 3 amide bonds. The second-order valence-corrected chi connectivity index (χ2v) is 9.73. The van der Waals surface area contributed by atoms with Gasteiger partial charge in [0.25, 0.3) is 0 Å². The summed E-state index contributed by atoms with van der Waals surface area (Å²) in [5, 5.41) is 5.87. The number of urea groups is 1. The lowest BCUT2D eigenvalue weighted by Crippen LogP contribution is -2.40. The molecule has 2 aromatic carbocycles. The Balaban J connectivity index is 1.42. The van der Waals surface area contributed by atoms with Crippen LogP contribution in [-0.4, -0.2) is 42.0 Å². The number of likely N-dealkylation sites (N-methyl/N-ethyl adjacent to an activating group) is 1. The molecule has 0 aliphatic carbocycles. The maximum atomic E-state index is 12.8.